The summed E-state index contributed by atoms with van der Waals surface area (Å²) in [6, 6.07) is 7.88. The van der Waals surface area contributed by atoms with Gasteiger partial charge in [-0.15, -0.1) is 0 Å². The summed E-state index contributed by atoms with van der Waals surface area (Å²) in [5.74, 6) is 0.586. The predicted octanol–water partition coefficient (Wildman–Crippen LogP) is 3.46. The molecule has 5 nitrogen and oxygen atoms in total. The van der Waals surface area contributed by atoms with Crippen molar-refractivity contribution in [3.63, 3.8) is 0 Å². The number of rotatable bonds is 6. The zero-order chi connectivity index (χ0) is 17.5. The highest BCUT2D eigenvalue weighted by Crippen LogP contribution is 2.20. The SMILES string of the molecule is CC(C)CCNC(=O)Nc1ccccc1CN1CC(C)OC(C)C1. The number of anilines is 1. The Hall–Kier alpha value is -1.59. The van der Waals surface area contributed by atoms with Crippen molar-refractivity contribution in [2.24, 2.45) is 5.92 Å². The van der Waals surface area contributed by atoms with Crippen molar-refractivity contribution in [2.45, 2.75) is 52.9 Å². The number of nitrogens with one attached hydrogen (secondary N) is 2. The summed E-state index contributed by atoms with van der Waals surface area (Å²) in [5.41, 5.74) is 2.02. The summed E-state index contributed by atoms with van der Waals surface area (Å²) < 4.78 is 5.79. The molecule has 1 aromatic carbocycles. The molecule has 1 aliphatic heterocycles. The van der Waals surface area contributed by atoms with Crippen LogP contribution in [-0.2, 0) is 11.3 Å². The number of hydrogen-bond acceptors (Lipinski definition) is 3. The number of carbonyl (C=O) groups excluding carboxylic acids is 1. The van der Waals surface area contributed by atoms with E-state index in [-0.39, 0.29) is 18.2 Å². The maximum Gasteiger partial charge on any atom is 0.319 e. The van der Waals surface area contributed by atoms with Crippen molar-refractivity contribution in [3.05, 3.63) is 29.8 Å². The molecule has 2 N–H and O–H groups in total. The number of ether oxygens (including phenoxy) is 1. The number of carbonyl (C=O) groups is 1. The van der Waals surface area contributed by atoms with E-state index >= 15 is 0 Å². The van der Waals surface area contributed by atoms with Crippen molar-refractivity contribution in [1.29, 1.82) is 0 Å². The highest BCUT2D eigenvalue weighted by atomic mass is 16.5. The fourth-order valence-electron chi connectivity index (χ4n) is 3.08. The largest absolute Gasteiger partial charge is 0.373 e. The van der Waals surface area contributed by atoms with Gasteiger partial charge in [-0.25, -0.2) is 4.79 Å². The van der Waals surface area contributed by atoms with Crippen LogP contribution in [0, 0.1) is 5.92 Å². The molecule has 0 aromatic heterocycles. The van der Waals surface area contributed by atoms with Crippen molar-refractivity contribution in [2.75, 3.05) is 25.0 Å². The quantitative estimate of drug-likeness (QED) is 0.838. The average Bonchev–Trinajstić information content (AvgIpc) is 2.48. The van der Waals surface area contributed by atoms with Gasteiger partial charge in [-0.2, -0.15) is 0 Å². The number of hydrogen-bond donors (Lipinski definition) is 2. The Morgan fingerprint density at radius 3 is 2.58 bits per heavy atom. The van der Waals surface area contributed by atoms with E-state index in [2.05, 4.69) is 49.3 Å². The van der Waals surface area contributed by atoms with Gasteiger partial charge in [-0.05, 0) is 37.8 Å². The van der Waals surface area contributed by atoms with E-state index in [9.17, 15) is 4.79 Å². The van der Waals surface area contributed by atoms with E-state index in [1.807, 2.05) is 18.2 Å². The zero-order valence-electron chi connectivity index (χ0n) is 15.3. The van der Waals surface area contributed by atoms with Crippen LogP contribution in [0.3, 0.4) is 0 Å². The molecule has 0 spiro atoms. The van der Waals surface area contributed by atoms with Crippen LogP contribution < -0.4 is 10.6 Å². The third kappa shape index (κ3) is 6.13. The van der Waals surface area contributed by atoms with Crippen LogP contribution in [0.2, 0.25) is 0 Å². The number of para-hydroxylation sites is 1. The molecule has 0 radical (unpaired) electrons. The van der Waals surface area contributed by atoms with E-state index in [0.717, 1.165) is 37.3 Å². The number of urea groups is 1. The Morgan fingerprint density at radius 2 is 1.92 bits per heavy atom. The van der Waals surface area contributed by atoms with Gasteiger partial charge in [0.05, 0.1) is 12.2 Å². The third-order valence-corrected chi connectivity index (χ3v) is 4.16. The van der Waals surface area contributed by atoms with Gasteiger partial charge in [0.15, 0.2) is 0 Å². The normalized spacial score (nSPS) is 21.7. The smallest absolute Gasteiger partial charge is 0.319 e. The Bertz CT molecular complexity index is 523. The zero-order valence-corrected chi connectivity index (χ0v) is 15.3. The third-order valence-electron chi connectivity index (χ3n) is 4.16. The first-order chi connectivity index (χ1) is 11.4. The van der Waals surface area contributed by atoms with Gasteiger partial charge < -0.3 is 15.4 Å². The van der Waals surface area contributed by atoms with E-state index in [0.29, 0.717) is 12.5 Å². The fraction of sp³-hybridized carbons (Fsp3) is 0.632. The molecule has 2 atom stereocenters. The maximum atomic E-state index is 12.1. The lowest BCUT2D eigenvalue weighted by Crippen LogP contribution is -2.45. The molecule has 1 fully saturated rings. The van der Waals surface area contributed by atoms with Crippen LogP contribution in [-0.4, -0.2) is 42.8 Å². The van der Waals surface area contributed by atoms with Gasteiger partial charge in [0.2, 0.25) is 0 Å². The molecule has 2 unspecified atom stereocenters. The lowest BCUT2D eigenvalue weighted by molar-refractivity contribution is -0.0704. The van der Waals surface area contributed by atoms with Crippen molar-refractivity contribution in [3.8, 4) is 0 Å². The molecule has 0 aliphatic carbocycles. The Morgan fingerprint density at radius 1 is 1.25 bits per heavy atom. The highest BCUT2D eigenvalue weighted by molar-refractivity contribution is 5.90. The number of morpholine rings is 1. The predicted molar refractivity (Wildman–Crippen MR) is 98.2 cm³/mol. The topological polar surface area (TPSA) is 53.6 Å². The van der Waals surface area contributed by atoms with E-state index in [4.69, 9.17) is 4.74 Å². The minimum atomic E-state index is -0.133. The molecule has 24 heavy (non-hydrogen) atoms. The summed E-state index contributed by atoms with van der Waals surface area (Å²) >= 11 is 0. The van der Waals surface area contributed by atoms with Crippen molar-refractivity contribution >= 4 is 11.7 Å². The molecular weight excluding hydrogens is 302 g/mol. The second-order valence-electron chi connectivity index (χ2n) is 7.17. The lowest BCUT2D eigenvalue weighted by Gasteiger charge is -2.35. The summed E-state index contributed by atoms with van der Waals surface area (Å²) in [6.45, 7) is 11.9. The first-order valence-electron chi connectivity index (χ1n) is 8.94. The van der Waals surface area contributed by atoms with Crippen LogP contribution in [0.1, 0.15) is 39.7 Å². The molecule has 1 heterocycles. The molecule has 1 aliphatic rings. The first-order valence-corrected chi connectivity index (χ1v) is 8.94. The lowest BCUT2D eigenvalue weighted by atomic mass is 10.1. The molecular formula is C19H31N3O2. The average molecular weight is 333 g/mol. The summed E-state index contributed by atoms with van der Waals surface area (Å²) in [4.78, 5) is 14.5. The summed E-state index contributed by atoms with van der Waals surface area (Å²) in [7, 11) is 0. The van der Waals surface area contributed by atoms with E-state index in [1.54, 1.807) is 0 Å². The molecule has 1 aromatic rings. The highest BCUT2D eigenvalue weighted by Gasteiger charge is 2.22. The molecule has 1 saturated heterocycles. The summed E-state index contributed by atoms with van der Waals surface area (Å²) in [5, 5.41) is 5.91. The second-order valence-corrected chi connectivity index (χ2v) is 7.17. The van der Waals surface area contributed by atoms with Crippen molar-refractivity contribution in [1.82, 2.24) is 10.2 Å². The van der Waals surface area contributed by atoms with E-state index in [1.165, 1.54) is 0 Å². The number of benzene rings is 1. The number of nitrogens with zero attached hydrogens (tertiary/aromatic N) is 1. The number of amides is 2. The Balaban J connectivity index is 1.93. The van der Waals surface area contributed by atoms with Crippen LogP contribution in [0.5, 0.6) is 0 Å². The van der Waals surface area contributed by atoms with Gasteiger partial charge in [0.1, 0.15) is 0 Å². The van der Waals surface area contributed by atoms with Crippen LogP contribution in [0.15, 0.2) is 24.3 Å². The molecule has 0 saturated carbocycles. The van der Waals surface area contributed by atoms with Gasteiger partial charge in [-0.1, -0.05) is 32.0 Å². The Kier molecular flexibility index (Phi) is 7.06. The monoisotopic (exact) mass is 333 g/mol. The van der Waals surface area contributed by atoms with Gasteiger partial charge in [0.25, 0.3) is 0 Å². The Labute approximate surface area is 145 Å². The second kappa shape index (κ2) is 9.04. The van der Waals surface area contributed by atoms with Crippen LogP contribution >= 0.6 is 0 Å². The standard InChI is InChI=1S/C19H31N3O2/c1-14(2)9-10-20-19(23)21-18-8-6-5-7-17(18)13-22-11-15(3)24-16(4)12-22/h5-8,14-16H,9-13H2,1-4H3,(H2,20,21,23). The maximum absolute atomic E-state index is 12.1. The molecule has 2 amide bonds. The van der Waals surface area contributed by atoms with Crippen LogP contribution in [0.25, 0.3) is 0 Å². The van der Waals surface area contributed by atoms with Gasteiger partial charge in [-0.3, -0.25) is 4.90 Å². The molecule has 5 heteroatoms. The molecule has 0 bridgehead atoms. The van der Waals surface area contributed by atoms with Gasteiger partial charge in [0, 0.05) is 31.9 Å². The van der Waals surface area contributed by atoms with Gasteiger partial charge >= 0.3 is 6.03 Å². The van der Waals surface area contributed by atoms with Crippen LogP contribution in [0.4, 0.5) is 10.5 Å². The minimum Gasteiger partial charge on any atom is -0.373 e. The minimum absolute atomic E-state index is 0.133. The molecule has 134 valence electrons. The first kappa shape index (κ1) is 18.7. The molecule has 2 rings (SSSR count). The fourth-order valence-corrected chi connectivity index (χ4v) is 3.08. The van der Waals surface area contributed by atoms with Crippen molar-refractivity contribution < 1.29 is 9.53 Å². The summed E-state index contributed by atoms with van der Waals surface area (Å²) in [6.07, 6.45) is 1.47. The van der Waals surface area contributed by atoms with E-state index < -0.39 is 0 Å².